The Hall–Kier alpha value is -1.88. The third kappa shape index (κ3) is 4.97. The fraction of sp³-hybridized carbons (Fsp3) is 0.385. The largest absolute Gasteiger partial charge is 0.382 e. The summed E-state index contributed by atoms with van der Waals surface area (Å²) < 4.78 is 56.3. The summed E-state index contributed by atoms with van der Waals surface area (Å²) >= 11 is 0. The van der Waals surface area contributed by atoms with E-state index >= 15 is 0 Å². The number of nitrogens with one attached hydrogen (secondary N) is 2. The van der Waals surface area contributed by atoms with Crippen LogP contribution in [0.5, 0.6) is 0 Å². The van der Waals surface area contributed by atoms with Gasteiger partial charge in [-0.1, -0.05) is 30.3 Å². The second-order valence-electron chi connectivity index (χ2n) is 3.33. The van der Waals surface area contributed by atoms with Gasteiger partial charge < -0.3 is 15.4 Å². The Morgan fingerprint density at radius 3 is 2.78 bits per heavy atom. The maximum absolute atomic E-state index is 12.3. The van der Waals surface area contributed by atoms with Crippen LogP contribution >= 0.6 is 0 Å². The van der Waals surface area contributed by atoms with Crippen molar-refractivity contribution >= 4 is 11.8 Å². The molecule has 1 atom stereocenters. The van der Waals surface area contributed by atoms with E-state index in [0.29, 0.717) is 0 Å². The van der Waals surface area contributed by atoms with Crippen molar-refractivity contribution in [1.29, 1.82) is 0 Å². The molecule has 1 aromatic carbocycles. The molecule has 5 heteroatoms. The Morgan fingerprint density at radius 2 is 2.17 bits per heavy atom. The smallest absolute Gasteiger partial charge is 0.245 e. The molecule has 0 bridgehead atoms. The molecule has 2 N–H and O–H groups in total. The molecule has 1 unspecified atom stereocenters. The first-order valence-corrected chi connectivity index (χ1v) is 5.09. The van der Waals surface area contributed by atoms with Gasteiger partial charge in [0.1, 0.15) is 6.04 Å². The highest BCUT2D eigenvalue weighted by Crippen LogP contribution is 1.97. The number of hydrogen-bond donors (Lipinski definition) is 2. The van der Waals surface area contributed by atoms with Crippen LogP contribution in [0.1, 0.15) is 22.1 Å². The van der Waals surface area contributed by atoms with E-state index in [-0.39, 0.29) is 5.56 Å². The number of carbonyl (C=O) groups excluding carboxylic acids is 2. The quantitative estimate of drug-likeness (QED) is 0.777. The summed E-state index contributed by atoms with van der Waals surface area (Å²) in [4.78, 5) is 23.6. The van der Waals surface area contributed by atoms with Gasteiger partial charge in [0.15, 0.2) is 0 Å². The highest BCUT2D eigenvalue weighted by atomic mass is 16.5. The Bertz CT molecular complexity index is 620. The second kappa shape index (κ2) is 7.45. The third-order valence-corrected chi connectivity index (χ3v) is 1.89. The molecule has 0 heterocycles. The van der Waals surface area contributed by atoms with Crippen molar-refractivity contribution in [2.75, 3.05) is 13.6 Å². The summed E-state index contributed by atoms with van der Waals surface area (Å²) in [6, 6.07) is 5.46. The number of carbonyl (C=O) groups is 2. The normalized spacial score (nSPS) is 19.7. The molecule has 0 spiro atoms. The fourth-order valence-corrected chi connectivity index (χ4v) is 1.14. The van der Waals surface area contributed by atoms with E-state index in [1.807, 2.05) is 10.6 Å². The zero-order valence-electron chi connectivity index (χ0n) is 16.7. The number of ether oxygens (including phenoxy) is 1. The zero-order valence-corrected chi connectivity index (χ0v) is 9.69. The molecule has 0 radical (unpaired) electrons. The maximum Gasteiger partial charge on any atom is 0.245 e. The van der Waals surface area contributed by atoms with Crippen LogP contribution in [-0.4, -0.2) is 31.5 Å². The van der Waals surface area contributed by atoms with E-state index in [9.17, 15) is 9.59 Å². The van der Waals surface area contributed by atoms with Crippen LogP contribution in [-0.2, 0) is 20.8 Å². The molecule has 0 aliphatic rings. The SMILES string of the molecule is [2H]C([2H])([2H])OC([2H])([2H])C(NC(C)=O)C(=O)NC([2H])([2H])c1ccccc1. The van der Waals surface area contributed by atoms with Crippen molar-refractivity contribution in [3.8, 4) is 0 Å². The van der Waals surface area contributed by atoms with Gasteiger partial charge in [-0.3, -0.25) is 9.59 Å². The number of hydrogen-bond acceptors (Lipinski definition) is 3. The van der Waals surface area contributed by atoms with Crippen molar-refractivity contribution in [3.63, 3.8) is 0 Å². The first-order chi connectivity index (χ1) is 11.2. The van der Waals surface area contributed by atoms with Crippen molar-refractivity contribution in [1.82, 2.24) is 10.6 Å². The lowest BCUT2D eigenvalue weighted by atomic mass is 10.2. The summed E-state index contributed by atoms with van der Waals surface area (Å²) in [6.45, 7) is -4.49. The number of benzene rings is 1. The molecule has 0 saturated carbocycles. The van der Waals surface area contributed by atoms with Gasteiger partial charge in [0.2, 0.25) is 11.8 Å². The molecule has 1 aromatic rings. The summed E-state index contributed by atoms with van der Waals surface area (Å²) in [6.07, 6.45) is 0. The van der Waals surface area contributed by atoms with Gasteiger partial charge in [-0.05, 0) is 5.56 Å². The molecule has 1 rings (SSSR count). The monoisotopic (exact) mass is 257 g/mol. The lowest BCUT2D eigenvalue weighted by Crippen LogP contribution is -2.48. The van der Waals surface area contributed by atoms with E-state index in [2.05, 4.69) is 4.74 Å². The van der Waals surface area contributed by atoms with E-state index < -0.39 is 37.9 Å². The van der Waals surface area contributed by atoms with Crippen LogP contribution in [0.3, 0.4) is 0 Å². The number of rotatable bonds is 6. The molecule has 0 saturated heterocycles. The molecule has 0 aliphatic carbocycles. The lowest BCUT2D eigenvalue weighted by molar-refractivity contribution is -0.129. The van der Waals surface area contributed by atoms with Crippen molar-refractivity contribution in [2.45, 2.75) is 19.5 Å². The summed E-state index contributed by atoms with van der Waals surface area (Å²) in [5.41, 5.74) is 0.0854. The molecule has 2 amide bonds. The second-order valence-corrected chi connectivity index (χ2v) is 3.33. The van der Waals surface area contributed by atoms with Crippen LogP contribution in [0.4, 0.5) is 0 Å². The molecule has 5 nitrogen and oxygen atoms in total. The van der Waals surface area contributed by atoms with Crippen molar-refractivity contribution in [2.24, 2.45) is 0 Å². The molecule has 98 valence electrons. The van der Waals surface area contributed by atoms with Crippen LogP contribution < -0.4 is 10.6 Å². The van der Waals surface area contributed by atoms with Gasteiger partial charge >= 0.3 is 0 Å². The van der Waals surface area contributed by atoms with Gasteiger partial charge in [0.05, 0.1) is 16.2 Å². The predicted molar refractivity (Wildman–Crippen MR) is 67.8 cm³/mol. The molecule has 0 fully saturated rings. The van der Waals surface area contributed by atoms with Gasteiger partial charge in [0.25, 0.3) is 0 Å². The van der Waals surface area contributed by atoms with Crippen LogP contribution in [0.25, 0.3) is 0 Å². The first kappa shape index (κ1) is 6.89. The Labute approximate surface area is 116 Å². The van der Waals surface area contributed by atoms with E-state index in [0.717, 1.165) is 6.92 Å². The van der Waals surface area contributed by atoms with Gasteiger partial charge in [-0.2, -0.15) is 0 Å². The minimum atomic E-state index is -3.17. The highest BCUT2D eigenvalue weighted by molar-refractivity contribution is 5.86. The van der Waals surface area contributed by atoms with Crippen LogP contribution in [0.15, 0.2) is 30.3 Å². The molecule has 18 heavy (non-hydrogen) atoms. The highest BCUT2D eigenvalue weighted by Gasteiger charge is 2.18. The lowest BCUT2D eigenvalue weighted by Gasteiger charge is -2.16. The van der Waals surface area contributed by atoms with Crippen LogP contribution in [0.2, 0.25) is 0 Å². The maximum atomic E-state index is 12.3. The summed E-state index contributed by atoms with van der Waals surface area (Å²) in [7, 11) is -3.17. The average Bonchev–Trinajstić information content (AvgIpc) is 2.42. The Kier molecular flexibility index (Phi) is 2.85. The predicted octanol–water partition coefficient (Wildman–Crippen LogP) is 0.454. The van der Waals surface area contributed by atoms with Gasteiger partial charge in [-0.15, -0.1) is 0 Å². The Morgan fingerprint density at radius 1 is 1.44 bits per heavy atom. The van der Waals surface area contributed by atoms with E-state index in [1.54, 1.807) is 18.2 Å². The zero-order chi connectivity index (χ0) is 19.5. The van der Waals surface area contributed by atoms with Gasteiger partial charge in [0, 0.05) is 20.5 Å². The number of methoxy groups -OCH3 is 1. The summed E-state index contributed by atoms with van der Waals surface area (Å²) in [5, 5.41) is 3.89. The third-order valence-electron chi connectivity index (χ3n) is 1.89. The molecule has 0 aliphatic heterocycles. The first-order valence-electron chi connectivity index (χ1n) is 8.59. The van der Waals surface area contributed by atoms with E-state index in [1.165, 1.54) is 12.1 Å². The van der Waals surface area contributed by atoms with Crippen molar-refractivity contribution in [3.05, 3.63) is 35.9 Å². The number of amides is 2. The molecular formula is C13H18N2O3. The standard InChI is InChI=1S/C13H18N2O3/c1-10(16)15-12(9-18-2)13(17)14-8-11-6-4-3-5-7-11/h3-7,12H,8-9H2,1-2H3,(H,14,17)(H,15,16)/i2D3,8D2,9D2. The molecular weight excluding hydrogens is 232 g/mol. The van der Waals surface area contributed by atoms with Crippen molar-refractivity contribution < 1.29 is 23.9 Å². The average molecular weight is 257 g/mol. The Balaban J connectivity index is 3.07. The van der Waals surface area contributed by atoms with Crippen LogP contribution in [0, 0.1) is 0 Å². The molecule has 0 aromatic heterocycles. The fourth-order valence-electron chi connectivity index (χ4n) is 1.14. The summed E-state index contributed by atoms with van der Waals surface area (Å²) in [5.74, 6) is -2.10. The topological polar surface area (TPSA) is 67.4 Å². The van der Waals surface area contributed by atoms with Gasteiger partial charge in [-0.25, -0.2) is 0 Å². The minimum Gasteiger partial charge on any atom is -0.382 e. The minimum absolute atomic E-state index is 0.0854. The van der Waals surface area contributed by atoms with E-state index in [4.69, 9.17) is 9.60 Å².